The molecule has 0 radical (unpaired) electrons. The van der Waals surface area contributed by atoms with Gasteiger partial charge in [0.25, 0.3) is 0 Å². The predicted octanol–water partition coefficient (Wildman–Crippen LogP) is 0.300. The molecular weight excluding hydrogens is 260 g/mol. The van der Waals surface area contributed by atoms with Gasteiger partial charge in [-0.2, -0.15) is 0 Å². The van der Waals surface area contributed by atoms with Gasteiger partial charge in [-0.05, 0) is 25.5 Å². The van der Waals surface area contributed by atoms with E-state index < -0.39 is 0 Å². The monoisotopic (exact) mass is 278 g/mol. The van der Waals surface area contributed by atoms with Gasteiger partial charge in [-0.3, -0.25) is 19.8 Å². The Kier molecular flexibility index (Phi) is 5.00. The standard InChI is InChI=1S/C13H18N4O3/c1-20-12(19)10-4-2-7-17(8-10)9-11(18)16-13-14-5-3-6-15-13/h3,5-6,10H,2,4,7-9H2,1H3,(H,14,15,16,18). The summed E-state index contributed by atoms with van der Waals surface area (Å²) in [4.78, 5) is 33.2. The van der Waals surface area contributed by atoms with Crippen LogP contribution in [0.2, 0.25) is 0 Å². The quantitative estimate of drug-likeness (QED) is 0.797. The van der Waals surface area contributed by atoms with Crippen LogP contribution in [0.15, 0.2) is 18.5 Å². The molecule has 1 saturated heterocycles. The minimum absolute atomic E-state index is 0.144. The highest BCUT2D eigenvalue weighted by molar-refractivity contribution is 5.90. The molecule has 0 bridgehead atoms. The van der Waals surface area contributed by atoms with E-state index in [1.807, 2.05) is 4.90 Å². The Labute approximate surface area is 117 Å². The van der Waals surface area contributed by atoms with Crippen LogP contribution in [0.1, 0.15) is 12.8 Å². The van der Waals surface area contributed by atoms with E-state index in [4.69, 9.17) is 4.74 Å². The van der Waals surface area contributed by atoms with Crippen LogP contribution in [-0.4, -0.2) is 53.5 Å². The number of rotatable bonds is 4. The van der Waals surface area contributed by atoms with Crippen LogP contribution >= 0.6 is 0 Å². The highest BCUT2D eigenvalue weighted by atomic mass is 16.5. The van der Waals surface area contributed by atoms with E-state index in [2.05, 4.69) is 15.3 Å². The van der Waals surface area contributed by atoms with Crippen molar-refractivity contribution in [3.8, 4) is 0 Å². The maximum absolute atomic E-state index is 11.9. The second kappa shape index (κ2) is 6.95. The van der Waals surface area contributed by atoms with Gasteiger partial charge in [-0.25, -0.2) is 9.97 Å². The van der Waals surface area contributed by atoms with Gasteiger partial charge in [-0.15, -0.1) is 0 Å². The molecule has 20 heavy (non-hydrogen) atoms. The Balaban J connectivity index is 1.83. The molecule has 0 aliphatic carbocycles. The molecule has 1 atom stereocenters. The largest absolute Gasteiger partial charge is 0.469 e. The molecule has 108 valence electrons. The fourth-order valence-electron chi connectivity index (χ4n) is 2.29. The van der Waals surface area contributed by atoms with Crippen molar-refractivity contribution in [2.75, 3.05) is 32.1 Å². The van der Waals surface area contributed by atoms with Crippen molar-refractivity contribution in [3.63, 3.8) is 0 Å². The van der Waals surface area contributed by atoms with Gasteiger partial charge in [0, 0.05) is 18.9 Å². The minimum Gasteiger partial charge on any atom is -0.469 e. The van der Waals surface area contributed by atoms with Crippen molar-refractivity contribution in [2.24, 2.45) is 5.92 Å². The smallest absolute Gasteiger partial charge is 0.309 e. The van der Waals surface area contributed by atoms with E-state index >= 15 is 0 Å². The molecule has 1 unspecified atom stereocenters. The Hall–Kier alpha value is -2.02. The molecule has 0 aromatic carbocycles. The maximum Gasteiger partial charge on any atom is 0.309 e. The van der Waals surface area contributed by atoms with Gasteiger partial charge in [0.2, 0.25) is 11.9 Å². The maximum atomic E-state index is 11.9. The lowest BCUT2D eigenvalue weighted by Crippen LogP contribution is -2.43. The predicted molar refractivity (Wildman–Crippen MR) is 71.8 cm³/mol. The van der Waals surface area contributed by atoms with Crippen LogP contribution in [0.25, 0.3) is 0 Å². The summed E-state index contributed by atoms with van der Waals surface area (Å²) in [6.45, 7) is 1.58. The van der Waals surface area contributed by atoms with Gasteiger partial charge in [0.15, 0.2) is 0 Å². The van der Waals surface area contributed by atoms with E-state index in [-0.39, 0.29) is 24.3 Å². The third kappa shape index (κ3) is 3.99. The minimum atomic E-state index is -0.207. The van der Waals surface area contributed by atoms with E-state index in [1.54, 1.807) is 18.5 Å². The molecule has 7 heteroatoms. The summed E-state index contributed by atoms with van der Waals surface area (Å²) in [6.07, 6.45) is 4.83. The number of carbonyl (C=O) groups excluding carboxylic acids is 2. The summed E-state index contributed by atoms with van der Waals surface area (Å²) in [5, 5.41) is 2.63. The third-order valence-corrected chi connectivity index (χ3v) is 3.22. The molecule has 1 fully saturated rings. The van der Waals surface area contributed by atoms with Crippen LogP contribution in [0.4, 0.5) is 5.95 Å². The zero-order valence-corrected chi connectivity index (χ0v) is 11.4. The van der Waals surface area contributed by atoms with E-state index in [9.17, 15) is 9.59 Å². The van der Waals surface area contributed by atoms with Crippen LogP contribution in [0.5, 0.6) is 0 Å². The van der Waals surface area contributed by atoms with Crippen LogP contribution in [-0.2, 0) is 14.3 Å². The van der Waals surface area contributed by atoms with Crippen LogP contribution in [0.3, 0.4) is 0 Å². The lowest BCUT2D eigenvalue weighted by molar-refractivity contribution is -0.147. The fourth-order valence-corrected chi connectivity index (χ4v) is 2.29. The van der Waals surface area contributed by atoms with Crippen molar-refractivity contribution in [1.29, 1.82) is 0 Å². The first kappa shape index (κ1) is 14.4. The van der Waals surface area contributed by atoms with E-state index in [1.165, 1.54) is 7.11 Å². The molecule has 1 aromatic heterocycles. The molecule has 2 rings (SSSR count). The summed E-state index contributed by atoms with van der Waals surface area (Å²) in [6, 6.07) is 1.68. The highest BCUT2D eigenvalue weighted by Crippen LogP contribution is 2.17. The zero-order chi connectivity index (χ0) is 14.4. The average molecular weight is 278 g/mol. The first-order valence-corrected chi connectivity index (χ1v) is 6.56. The molecule has 0 saturated carbocycles. The molecule has 1 amide bonds. The van der Waals surface area contributed by atoms with Crippen molar-refractivity contribution in [1.82, 2.24) is 14.9 Å². The number of piperidine rings is 1. The fraction of sp³-hybridized carbons (Fsp3) is 0.538. The van der Waals surface area contributed by atoms with Crippen molar-refractivity contribution in [2.45, 2.75) is 12.8 Å². The Morgan fingerprint density at radius 3 is 2.90 bits per heavy atom. The number of hydrogen-bond acceptors (Lipinski definition) is 6. The highest BCUT2D eigenvalue weighted by Gasteiger charge is 2.27. The van der Waals surface area contributed by atoms with Gasteiger partial charge in [0.05, 0.1) is 19.6 Å². The number of amides is 1. The lowest BCUT2D eigenvalue weighted by Gasteiger charge is -2.30. The first-order chi connectivity index (χ1) is 9.69. The van der Waals surface area contributed by atoms with Crippen molar-refractivity contribution in [3.05, 3.63) is 18.5 Å². The SMILES string of the molecule is COC(=O)C1CCCN(CC(=O)Nc2ncccn2)C1. The molecule has 2 heterocycles. The Bertz CT molecular complexity index is 466. The normalized spacial score (nSPS) is 19.4. The topological polar surface area (TPSA) is 84.4 Å². The molecular formula is C13H18N4O3. The number of nitrogens with one attached hydrogen (secondary N) is 1. The number of aromatic nitrogens is 2. The lowest BCUT2D eigenvalue weighted by atomic mass is 9.98. The van der Waals surface area contributed by atoms with Crippen molar-refractivity contribution >= 4 is 17.8 Å². The molecule has 1 aromatic rings. The van der Waals surface area contributed by atoms with Crippen molar-refractivity contribution < 1.29 is 14.3 Å². The van der Waals surface area contributed by atoms with E-state index in [0.717, 1.165) is 19.4 Å². The molecule has 1 N–H and O–H groups in total. The number of nitrogens with zero attached hydrogens (tertiary/aromatic N) is 3. The summed E-state index contributed by atoms with van der Waals surface area (Å²) in [5.74, 6) is -0.239. The first-order valence-electron chi connectivity index (χ1n) is 6.56. The number of methoxy groups -OCH3 is 1. The van der Waals surface area contributed by atoms with Crippen LogP contribution in [0, 0.1) is 5.92 Å². The summed E-state index contributed by atoms with van der Waals surface area (Å²) >= 11 is 0. The number of carbonyl (C=O) groups is 2. The number of anilines is 1. The molecule has 1 aliphatic heterocycles. The van der Waals surface area contributed by atoms with E-state index in [0.29, 0.717) is 12.5 Å². The number of esters is 1. The molecule has 1 aliphatic rings. The summed E-state index contributed by atoms with van der Waals surface area (Å²) in [5.41, 5.74) is 0. The van der Waals surface area contributed by atoms with Gasteiger partial charge in [0.1, 0.15) is 0 Å². The summed E-state index contributed by atoms with van der Waals surface area (Å²) < 4.78 is 4.75. The summed E-state index contributed by atoms with van der Waals surface area (Å²) in [7, 11) is 1.39. The molecule has 7 nitrogen and oxygen atoms in total. The third-order valence-electron chi connectivity index (χ3n) is 3.22. The van der Waals surface area contributed by atoms with Gasteiger partial charge < -0.3 is 4.74 Å². The van der Waals surface area contributed by atoms with Gasteiger partial charge >= 0.3 is 5.97 Å². The second-order valence-electron chi connectivity index (χ2n) is 4.72. The zero-order valence-electron chi connectivity index (χ0n) is 11.4. The Morgan fingerprint density at radius 2 is 2.20 bits per heavy atom. The number of likely N-dealkylation sites (tertiary alicyclic amines) is 1. The average Bonchev–Trinajstić information content (AvgIpc) is 2.47. The molecule has 0 spiro atoms. The number of hydrogen-bond donors (Lipinski definition) is 1. The van der Waals surface area contributed by atoms with Crippen LogP contribution < -0.4 is 5.32 Å². The van der Waals surface area contributed by atoms with Gasteiger partial charge in [-0.1, -0.05) is 0 Å². The second-order valence-corrected chi connectivity index (χ2v) is 4.72. The number of ether oxygens (including phenoxy) is 1. The Morgan fingerprint density at radius 1 is 1.45 bits per heavy atom.